The molecule has 2 aromatic heterocycles. The lowest BCUT2D eigenvalue weighted by Crippen LogP contribution is -2.20. The van der Waals surface area contributed by atoms with Gasteiger partial charge in [-0.15, -0.1) is 0 Å². The molecule has 49 heavy (non-hydrogen) atoms. The highest BCUT2D eigenvalue weighted by Crippen LogP contribution is 2.54. The molecule has 0 amide bonds. The molecule has 0 spiro atoms. The molecule has 0 fully saturated rings. The Balaban J connectivity index is 1.13. The van der Waals surface area contributed by atoms with Gasteiger partial charge in [0.05, 0.1) is 16.6 Å². The number of hydrogen-bond donors (Lipinski definition) is 0. The number of rotatable bonds is 4. The molecule has 0 radical (unpaired) electrons. The lowest BCUT2D eigenvalue weighted by Gasteiger charge is -2.16. The van der Waals surface area contributed by atoms with Gasteiger partial charge < -0.3 is 9.13 Å². The summed E-state index contributed by atoms with van der Waals surface area (Å²) in [7, 11) is -3.07. The van der Waals surface area contributed by atoms with Gasteiger partial charge >= 0.3 is 0 Å². The van der Waals surface area contributed by atoms with Crippen molar-refractivity contribution in [2.24, 2.45) is 0 Å². The van der Waals surface area contributed by atoms with Gasteiger partial charge in [0.25, 0.3) is 0 Å². The molecular formula is C45H29N2OP. The smallest absolute Gasteiger partial charge is 0.172 e. The van der Waals surface area contributed by atoms with Crippen LogP contribution in [0.4, 0.5) is 0 Å². The van der Waals surface area contributed by atoms with Crippen molar-refractivity contribution in [3.05, 3.63) is 176 Å². The Kier molecular flexibility index (Phi) is 6.15. The van der Waals surface area contributed by atoms with Crippen molar-refractivity contribution < 1.29 is 4.57 Å². The fourth-order valence-electron chi connectivity index (χ4n) is 7.83. The van der Waals surface area contributed by atoms with Crippen LogP contribution in [0.3, 0.4) is 0 Å². The van der Waals surface area contributed by atoms with E-state index in [2.05, 4.69) is 137 Å². The maximum absolute atomic E-state index is 15.3. The van der Waals surface area contributed by atoms with Crippen LogP contribution in [0, 0.1) is 0 Å². The highest BCUT2D eigenvalue weighted by Gasteiger charge is 2.41. The van der Waals surface area contributed by atoms with Crippen molar-refractivity contribution in [1.29, 1.82) is 0 Å². The summed E-state index contributed by atoms with van der Waals surface area (Å²) >= 11 is 0. The zero-order chi connectivity index (χ0) is 32.5. The normalized spacial score (nSPS) is 15.1. The number of aromatic nitrogens is 2. The van der Waals surface area contributed by atoms with Crippen LogP contribution in [0.2, 0.25) is 0 Å². The van der Waals surface area contributed by atoms with Crippen LogP contribution in [-0.2, 0) is 4.57 Å². The summed E-state index contributed by atoms with van der Waals surface area (Å²) in [6.07, 6.45) is 1.86. The average Bonchev–Trinajstić information content (AvgIpc) is 3.65. The van der Waals surface area contributed by atoms with E-state index in [0.29, 0.717) is 0 Å². The summed E-state index contributed by atoms with van der Waals surface area (Å²) in [5, 5.41) is 6.18. The largest absolute Gasteiger partial charge is 0.309 e. The van der Waals surface area contributed by atoms with Crippen molar-refractivity contribution in [2.45, 2.75) is 0 Å². The first-order valence-corrected chi connectivity index (χ1v) is 18.3. The van der Waals surface area contributed by atoms with Gasteiger partial charge in [-0.05, 0) is 52.6 Å². The highest BCUT2D eigenvalue weighted by atomic mass is 31.2. The van der Waals surface area contributed by atoms with Crippen molar-refractivity contribution in [3.63, 3.8) is 0 Å². The van der Waals surface area contributed by atoms with Crippen molar-refractivity contribution in [1.82, 2.24) is 9.55 Å². The molecule has 9 aromatic rings. The van der Waals surface area contributed by atoms with Crippen molar-refractivity contribution >= 4 is 55.8 Å². The highest BCUT2D eigenvalue weighted by molar-refractivity contribution is 7.86. The van der Waals surface area contributed by atoms with E-state index in [0.717, 1.165) is 82.3 Å². The molecule has 0 N–H and O–H groups in total. The van der Waals surface area contributed by atoms with E-state index in [1.165, 1.54) is 5.39 Å². The van der Waals surface area contributed by atoms with Gasteiger partial charge in [0.1, 0.15) is 0 Å². The van der Waals surface area contributed by atoms with Gasteiger partial charge in [-0.1, -0.05) is 140 Å². The summed E-state index contributed by atoms with van der Waals surface area (Å²) in [4.78, 5) is 4.65. The van der Waals surface area contributed by atoms with Crippen LogP contribution < -0.4 is 15.9 Å². The minimum atomic E-state index is -3.07. The summed E-state index contributed by atoms with van der Waals surface area (Å²) < 4.78 is 17.7. The van der Waals surface area contributed by atoms with Gasteiger partial charge in [-0.2, -0.15) is 0 Å². The Morgan fingerprint density at radius 2 is 1.16 bits per heavy atom. The minimum absolute atomic E-state index is 0.871. The first kappa shape index (κ1) is 28.0. The van der Waals surface area contributed by atoms with Crippen LogP contribution in [0.15, 0.2) is 176 Å². The lowest BCUT2D eigenvalue weighted by molar-refractivity contribution is 0.593. The van der Waals surface area contributed by atoms with E-state index in [9.17, 15) is 0 Å². The first-order chi connectivity index (χ1) is 24.2. The number of fused-ring (bicyclic) bond motifs is 8. The van der Waals surface area contributed by atoms with Gasteiger partial charge in [-0.25, -0.2) is 0 Å². The zero-order valence-corrected chi connectivity index (χ0v) is 27.4. The van der Waals surface area contributed by atoms with Crippen LogP contribution in [0.5, 0.6) is 0 Å². The number of hydrogen-bond acceptors (Lipinski definition) is 2. The second kappa shape index (κ2) is 10.8. The molecule has 10 rings (SSSR count). The fourth-order valence-corrected chi connectivity index (χ4v) is 10.9. The number of para-hydroxylation sites is 2. The predicted molar refractivity (Wildman–Crippen MR) is 205 cm³/mol. The summed E-state index contributed by atoms with van der Waals surface area (Å²) in [6.45, 7) is 0. The standard InChI is InChI=1S/C45H29N2OP/c48-49(35-12-2-1-3-13-35)41-18-7-5-15-39(41)43-42(49)28-27-38-37-14-4-6-17-40(37)47(45(38)43)34-25-23-31(24-26-34)30-19-21-32(22-20-30)36-16-8-10-33-11-9-29-46-44(33)36/h1-29H. The van der Waals surface area contributed by atoms with Gasteiger partial charge in [0, 0.05) is 55.1 Å². The quantitative estimate of drug-likeness (QED) is 0.179. The van der Waals surface area contributed by atoms with Gasteiger partial charge in [-0.3, -0.25) is 4.98 Å². The lowest BCUT2D eigenvalue weighted by atomic mass is 9.98. The van der Waals surface area contributed by atoms with E-state index in [4.69, 9.17) is 0 Å². The molecular weight excluding hydrogens is 615 g/mol. The van der Waals surface area contributed by atoms with E-state index in [1.807, 2.05) is 48.7 Å². The number of pyridine rings is 1. The Labute approximate surface area is 284 Å². The van der Waals surface area contributed by atoms with Crippen molar-refractivity contribution in [2.75, 3.05) is 0 Å². The number of nitrogens with zero attached hydrogens (tertiary/aromatic N) is 2. The Morgan fingerprint density at radius 3 is 2.00 bits per heavy atom. The SMILES string of the molecule is O=P1(c2ccccc2)c2ccccc2-c2c1ccc1c3ccccc3n(-c3ccc(-c4ccc(-c5cccc6cccnc56)cc4)cc3)c21. The molecule has 1 atom stereocenters. The summed E-state index contributed by atoms with van der Waals surface area (Å²) in [5.41, 5.74) is 11.0. The molecule has 3 heterocycles. The Hall–Kier alpha value is -6.02. The van der Waals surface area contributed by atoms with Crippen LogP contribution >= 0.6 is 7.14 Å². The molecule has 1 aliphatic rings. The molecule has 0 saturated carbocycles. The average molecular weight is 645 g/mol. The molecule has 0 bridgehead atoms. The Bertz CT molecular complexity index is 2780. The maximum atomic E-state index is 15.3. The molecule has 0 saturated heterocycles. The van der Waals surface area contributed by atoms with Crippen LogP contribution in [0.1, 0.15) is 0 Å². The van der Waals surface area contributed by atoms with Crippen molar-refractivity contribution in [3.8, 4) is 39.1 Å². The third-order valence-electron chi connectivity index (χ3n) is 10.1. The van der Waals surface area contributed by atoms with Gasteiger partial charge in [0.2, 0.25) is 0 Å². The molecule has 1 unspecified atom stereocenters. The molecule has 230 valence electrons. The third kappa shape index (κ3) is 4.10. The Morgan fingerprint density at radius 1 is 0.490 bits per heavy atom. The minimum Gasteiger partial charge on any atom is -0.309 e. The summed E-state index contributed by atoms with van der Waals surface area (Å²) in [5.74, 6) is 0. The molecule has 7 aromatic carbocycles. The molecule has 3 nitrogen and oxygen atoms in total. The monoisotopic (exact) mass is 644 g/mol. The predicted octanol–water partition coefficient (Wildman–Crippen LogP) is 10.3. The molecule has 4 heteroatoms. The first-order valence-electron chi connectivity index (χ1n) is 16.6. The summed E-state index contributed by atoms with van der Waals surface area (Å²) in [6, 6.07) is 59.1. The fraction of sp³-hybridized carbons (Fsp3) is 0. The van der Waals surface area contributed by atoms with Crippen LogP contribution in [-0.4, -0.2) is 9.55 Å². The van der Waals surface area contributed by atoms with E-state index in [1.54, 1.807) is 0 Å². The van der Waals surface area contributed by atoms with E-state index >= 15 is 4.57 Å². The van der Waals surface area contributed by atoms with E-state index in [-0.39, 0.29) is 0 Å². The van der Waals surface area contributed by atoms with E-state index < -0.39 is 7.14 Å². The second-order valence-corrected chi connectivity index (χ2v) is 15.4. The molecule has 1 aliphatic heterocycles. The number of benzene rings is 7. The van der Waals surface area contributed by atoms with Crippen LogP contribution in [0.25, 0.3) is 71.8 Å². The third-order valence-corrected chi connectivity index (χ3v) is 13.2. The molecule has 0 aliphatic carbocycles. The maximum Gasteiger partial charge on any atom is 0.172 e. The topological polar surface area (TPSA) is 34.9 Å². The zero-order valence-electron chi connectivity index (χ0n) is 26.5. The second-order valence-electron chi connectivity index (χ2n) is 12.7. The van der Waals surface area contributed by atoms with Gasteiger partial charge in [0.15, 0.2) is 7.14 Å².